The van der Waals surface area contributed by atoms with Gasteiger partial charge in [0.2, 0.25) is 0 Å². The van der Waals surface area contributed by atoms with Crippen molar-refractivity contribution in [2.75, 3.05) is 5.73 Å². The Morgan fingerprint density at radius 1 is 1.23 bits per heavy atom. The van der Waals surface area contributed by atoms with E-state index in [4.69, 9.17) is 5.73 Å². The molecular formula is C12H19N. The lowest BCUT2D eigenvalue weighted by Crippen LogP contribution is -2.09. The van der Waals surface area contributed by atoms with Crippen LogP contribution in [0.4, 0.5) is 5.69 Å². The van der Waals surface area contributed by atoms with Crippen LogP contribution in [0.25, 0.3) is 0 Å². The summed E-state index contributed by atoms with van der Waals surface area (Å²) in [6.07, 6.45) is 1.08. The minimum atomic E-state index is 0.335. The molecule has 1 aromatic carbocycles. The van der Waals surface area contributed by atoms with E-state index in [1.807, 2.05) is 6.92 Å². The second kappa shape index (κ2) is 3.41. The first kappa shape index (κ1) is 10.1. The van der Waals surface area contributed by atoms with Crippen LogP contribution in [-0.4, -0.2) is 0 Å². The van der Waals surface area contributed by atoms with Gasteiger partial charge in [-0.15, -0.1) is 0 Å². The van der Waals surface area contributed by atoms with Gasteiger partial charge in [0.25, 0.3) is 0 Å². The number of nitrogens with two attached hydrogens (primary N) is 1. The summed E-state index contributed by atoms with van der Waals surface area (Å²) in [5.74, 6) is 0. The highest BCUT2D eigenvalue weighted by atomic mass is 14.6. The molecule has 0 saturated heterocycles. The third-order valence-electron chi connectivity index (χ3n) is 2.08. The molecule has 0 aliphatic heterocycles. The lowest BCUT2D eigenvalue weighted by Gasteiger charge is -2.18. The summed E-state index contributed by atoms with van der Waals surface area (Å²) in [7, 11) is 0. The van der Waals surface area contributed by atoms with Gasteiger partial charge < -0.3 is 5.73 Å². The van der Waals surface area contributed by atoms with E-state index in [-0.39, 0.29) is 0 Å². The maximum Gasteiger partial charge on any atom is 0.0346 e. The molecule has 0 heterocycles. The van der Waals surface area contributed by atoms with E-state index >= 15 is 0 Å². The Kier molecular flexibility index (Phi) is 2.65. The molecule has 13 heavy (non-hydrogen) atoms. The summed E-state index contributed by atoms with van der Waals surface area (Å²) < 4.78 is 0. The predicted molar refractivity (Wildman–Crippen MR) is 58.8 cm³/mol. The standard InChI is InChI=1S/C12H19N/c1-9-5-6-10(7-11(9)13)8-12(2,3)4/h5-7H,8,13H2,1-4H3. The fourth-order valence-electron chi connectivity index (χ4n) is 1.41. The Bertz CT molecular complexity index is 294. The number of hydrogen-bond donors (Lipinski definition) is 1. The molecule has 0 fully saturated rings. The second-order valence-electron chi connectivity index (χ2n) is 4.93. The maximum atomic E-state index is 5.84. The van der Waals surface area contributed by atoms with Crippen molar-refractivity contribution in [1.29, 1.82) is 0 Å². The first-order valence-electron chi connectivity index (χ1n) is 4.73. The Balaban J connectivity index is 2.86. The lowest BCUT2D eigenvalue weighted by molar-refractivity contribution is 0.411. The highest BCUT2D eigenvalue weighted by Gasteiger charge is 2.11. The average molecular weight is 177 g/mol. The molecule has 72 valence electrons. The van der Waals surface area contributed by atoms with Gasteiger partial charge in [0.1, 0.15) is 0 Å². The van der Waals surface area contributed by atoms with Gasteiger partial charge in [0.05, 0.1) is 0 Å². The molecular weight excluding hydrogens is 158 g/mol. The van der Waals surface area contributed by atoms with Crippen LogP contribution in [0.3, 0.4) is 0 Å². The molecule has 1 aromatic rings. The van der Waals surface area contributed by atoms with Gasteiger partial charge in [-0.1, -0.05) is 32.9 Å². The number of anilines is 1. The van der Waals surface area contributed by atoms with E-state index in [1.54, 1.807) is 0 Å². The monoisotopic (exact) mass is 177 g/mol. The number of nitrogen functional groups attached to an aromatic ring is 1. The number of benzene rings is 1. The fraction of sp³-hybridized carbons (Fsp3) is 0.500. The van der Waals surface area contributed by atoms with Crippen LogP contribution in [0, 0.1) is 12.3 Å². The molecule has 1 heteroatoms. The lowest BCUT2D eigenvalue weighted by atomic mass is 9.88. The first-order valence-corrected chi connectivity index (χ1v) is 4.73. The number of rotatable bonds is 1. The maximum absolute atomic E-state index is 5.84. The van der Waals surface area contributed by atoms with Crippen molar-refractivity contribution in [3.05, 3.63) is 29.3 Å². The predicted octanol–water partition coefficient (Wildman–Crippen LogP) is 3.17. The van der Waals surface area contributed by atoms with E-state index in [1.165, 1.54) is 5.56 Å². The van der Waals surface area contributed by atoms with Crippen molar-refractivity contribution in [2.45, 2.75) is 34.1 Å². The van der Waals surface area contributed by atoms with E-state index in [0.29, 0.717) is 5.41 Å². The van der Waals surface area contributed by atoms with Crippen LogP contribution in [0.5, 0.6) is 0 Å². The van der Waals surface area contributed by atoms with Crippen molar-refractivity contribution in [3.8, 4) is 0 Å². The second-order valence-corrected chi connectivity index (χ2v) is 4.93. The molecule has 0 atom stereocenters. The normalized spacial score (nSPS) is 11.7. The summed E-state index contributed by atoms with van der Waals surface area (Å²) in [4.78, 5) is 0. The zero-order valence-electron chi connectivity index (χ0n) is 9.02. The summed E-state index contributed by atoms with van der Waals surface area (Å²) >= 11 is 0. The molecule has 0 radical (unpaired) electrons. The zero-order chi connectivity index (χ0) is 10.1. The van der Waals surface area contributed by atoms with Crippen LogP contribution in [0.2, 0.25) is 0 Å². The quantitative estimate of drug-likeness (QED) is 0.655. The molecule has 1 rings (SSSR count). The molecule has 0 aromatic heterocycles. The number of aryl methyl sites for hydroxylation is 1. The van der Waals surface area contributed by atoms with E-state index < -0.39 is 0 Å². The van der Waals surface area contributed by atoms with E-state index in [2.05, 4.69) is 39.0 Å². The Morgan fingerprint density at radius 3 is 2.31 bits per heavy atom. The van der Waals surface area contributed by atoms with Gasteiger partial charge in [-0.25, -0.2) is 0 Å². The molecule has 0 aliphatic rings. The molecule has 0 bridgehead atoms. The molecule has 2 N–H and O–H groups in total. The van der Waals surface area contributed by atoms with Crippen molar-refractivity contribution in [1.82, 2.24) is 0 Å². The van der Waals surface area contributed by atoms with Gasteiger partial charge in [-0.05, 0) is 36.0 Å². The van der Waals surface area contributed by atoms with Gasteiger partial charge >= 0.3 is 0 Å². The Labute approximate surface area is 81.0 Å². The summed E-state index contributed by atoms with van der Waals surface area (Å²) in [6.45, 7) is 8.76. The van der Waals surface area contributed by atoms with Gasteiger partial charge in [-0.2, -0.15) is 0 Å². The van der Waals surface area contributed by atoms with Crippen LogP contribution < -0.4 is 5.73 Å². The Hall–Kier alpha value is -0.980. The molecule has 0 aliphatic carbocycles. The summed E-state index contributed by atoms with van der Waals surface area (Å²) in [5, 5.41) is 0. The minimum Gasteiger partial charge on any atom is -0.399 e. The smallest absolute Gasteiger partial charge is 0.0346 e. The van der Waals surface area contributed by atoms with E-state index in [9.17, 15) is 0 Å². The van der Waals surface area contributed by atoms with Crippen molar-refractivity contribution in [3.63, 3.8) is 0 Å². The van der Waals surface area contributed by atoms with Crippen LogP contribution >= 0.6 is 0 Å². The fourth-order valence-corrected chi connectivity index (χ4v) is 1.41. The largest absolute Gasteiger partial charge is 0.399 e. The van der Waals surface area contributed by atoms with Gasteiger partial charge in [0.15, 0.2) is 0 Å². The van der Waals surface area contributed by atoms with Crippen LogP contribution in [0.1, 0.15) is 31.9 Å². The minimum absolute atomic E-state index is 0.335. The third-order valence-corrected chi connectivity index (χ3v) is 2.08. The zero-order valence-corrected chi connectivity index (χ0v) is 9.02. The number of hydrogen-bond acceptors (Lipinski definition) is 1. The molecule has 1 nitrogen and oxygen atoms in total. The molecule has 0 saturated carbocycles. The topological polar surface area (TPSA) is 26.0 Å². The van der Waals surface area contributed by atoms with Crippen molar-refractivity contribution in [2.24, 2.45) is 5.41 Å². The average Bonchev–Trinajstić information content (AvgIpc) is 1.94. The van der Waals surface area contributed by atoms with E-state index in [0.717, 1.165) is 17.7 Å². The highest BCUT2D eigenvalue weighted by molar-refractivity contribution is 5.48. The van der Waals surface area contributed by atoms with Gasteiger partial charge in [0, 0.05) is 5.69 Å². The summed E-state index contributed by atoms with van der Waals surface area (Å²) in [6, 6.07) is 6.34. The molecule has 0 spiro atoms. The molecule has 0 unspecified atom stereocenters. The van der Waals surface area contributed by atoms with Crippen molar-refractivity contribution >= 4 is 5.69 Å². The highest BCUT2D eigenvalue weighted by Crippen LogP contribution is 2.22. The Morgan fingerprint density at radius 2 is 1.85 bits per heavy atom. The summed E-state index contributed by atoms with van der Waals surface area (Å²) in [5.41, 5.74) is 9.57. The van der Waals surface area contributed by atoms with Crippen LogP contribution in [0.15, 0.2) is 18.2 Å². The van der Waals surface area contributed by atoms with Crippen LogP contribution in [-0.2, 0) is 6.42 Å². The van der Waals surface area contributed by atoms with Gasteiger partial charge in [-0.3, -0.25) is 0 Å². The first-order chi connectivity index (χ1) is 5.88. The molecule has 0 amide bonds. The SMILES string of the molecule is Cc1ccc(CC(C)(C)C)cc1N. The third kappa shape index (κ3) is 3.10. The van der Waals surface area contributed by atoms with Crippen molar-refractivity contribution < 1.29 is 0 Å².